The van der Waals surface area contributed by atoms with E-state index in [1.165, 1.54) is 4.80 Å². The van der Waals surface area contributed by atoms with E-state index in [1.54, 1.807) is 45.3 Å². The number of nitriles is 1. The summed E-state index contributed by atoms with van der Waals surface area (Å²) in [5.41, 5.74) is 0.789. The number of nitrogens with one attached hydrogen (secondary N) is 3. The number of benzene rings is 1. The van der Waals surface area contributed by atoms with Gasteiger partial charge in [0.2, 0.25) is 0 Å². The van der Waals surface area contributed by atoms with Gasteiger partial charge in [0.15, 0.2) is 17.5 Å². The summed E-state index contributed by atoms with van der Waals surface area (Å²) in [6.07, 6.45) is 5.96. The second-order valence-corrected chi connectivity index (χ2v) is 9.61. The summed E-state index contributed by atoms with van der Waals surface area (Å²) in [5, 5.41) is 27.0. The number of ether oxygens (including phenoxy) is 1. The summed E-state index contributed by atoms with van der Waals surface area (Å²) >= 11 is 0. The van der Waals surface area contributed by atoms with Crippen molar-refractivity contribution in [1.29, 1.82) is 5.26 Å². The number of rotatable bonds is 6. The van der Waals surface area contributed by atoms with Crippen molar-refractivity contribution in [2.45, 2.75) is 64.1 Å². The van der Waals surface area contributed by atoms with Crippen LogP contribution >= 0.6 is 0 Å². The summed E-state index contributed by atoms with van der Waals surface area (Å²) in [6, 6.07) is 9.88. The lowest BCUT2D eigenvalue weighted by Gasteiger charge is -2.33. The first-order chi connectivity index (χ1) is 17.2. The summed E-state index contributed by atoms with van der Waals surface area (Å²) in [7, 11) is 0. The number of carbonyl (C=O) groups is 1. The van der Waals surface area contributed by atoms with Gasteiger partial charge in [-0.05, 0) is 57.9 Å². The maximum Gasteiger partial charge on any atom is 0.407 e. The average molecular weight is 493 g/mol. The van der Waals surface area contributed by atoms with Crippen LogP contribution in [0.3, 0.4) is 0 Å². The third kappa shape index (κ3) is 6.27. The molecule has 2 atom stereocenters. The number of pyridine rings is 1. The molecule has 1 aromatic carbocycles. The van der Waals surface area contributed by atoms with Crippen molar-refractivity contribution in [3.8, 4) is 11.8 Å². The van der Waals surface area contributed by atoms with Gasteiger partial charge in [0.25, 0.3) is 0 Å². The lowest BCUT2D eigenvalue weighted by molar-refractivity contribution is 0.0488. The van der Waals surface area contributed by atoms with Gasteiger partial charge in [0.1, 0.15) is 11.7 Å². The average Bonchev–Trinajstić information content (AvgIpc) is 3.36. The fourth-order valence-corrected chi connectivity index (χ4v) is 4.08. The van der Waals surface area contributed by atoms with Crippen LogP contribution in [0.5, 0.6) is 0 Å². The fourth-order valence-electron chi connectivity index (χ4n) is 4.08. The maximum absolute atomic E-state index is 14.9. The molecule has 36 heavy (non-hydrogen) atoms. The predicted octanol–water partition coefficient (Wildman–Crippen LogP) is 4.66. The molecule has 0 saturated heterocycles. The highest BCUT2D eigenvalue weighted by Gasteiger charge is 2.29. The highest BCUT2D eigenvalue weighted by atomic mass is 19.1. The number of alkyl carbamates (subject to hydrolysis) is 1. The number of nitrogens with zero attached hydrogens (tertiary/aromatic N) is 5. The Balaban J connectivity index is 1.54. The minimum atomic E-state index is -0.645. The summed E-state index contributed by atoms with van der Waals surface area (Å²) in [5.74, 6) is -0.433. The molecule has 0 unspecified atom stereocenters. The number of aromatic nitrogens is 4. The summed E-state index contributed by atoms with van der Waals surface area (Å²) < 4.78 is 20.3. The molecule has 0 aliphatic heterocycles. The third-order valence-corrected chi connectivity index (χ3v) is 5.65. The Morgan fingerprint density at radius 1 is 1.14 bits per heavy atom. The Bertz CT molecular complexity index is 1250. The first-order valence-electron chi connectivity index (χ1n) is 11.8. The summed E-state index contributed by atoms with van der Waals surface area (Å²) in [4.78, 5) is 18.2. The maximum atomic E-state index is 14.9. The molecule has 1 aliphatic rings. The normalized spacial score (nSPS) is 17.6. The first kappa shape index (κ1) is 24.9. The van der Waals surface area contributed by atoms with Crippen molar-refractivity contribution in [2.24, 2.45) is 0 Å². The lowest BCUT2D eigenvalue weighted by atomic mass is 9.90. The van der Waals surface area contributed by atoms with E-state index < -0.39 is 17.5 Å². The second kappa shape index (κ2) is 10.6. The predicted molar refractivity (Wildman–Crippen MR) is 133 cm³/mol. The molecule has 188 valence electrons. The fraction of sp³-hybridized carbons (Fsp3) is 0.400. The Labute approximate surface area is 208 Å². The van der Waals surface area contributed by atoms with E-state index in [9.17, 15) is 14.4 Å². The van der Waals surface area contributed by atoms with E-state index in [0.717, 1.165) is 31.7 Å². The Kier molecular flexibility index (Phi) is 7.33. The monoisotopic (exact) mass is 492 g/mol. The Morgan fingerprint density at radius 3 is 2.56 bits per heavy atom. The van der Waals surface area contributed by atoms with E-state index in [-0.39, 0.29) is 29.3 Å². The Hall–Kier alpha value is -4.20. The Morgan fingerprint density at radius 2 is 1.86 bits per heavy atom. The van der Waals surface area contributed by atoms with Gasteiger partial charge < -0.3 is 20.7 Å². The molecular weight excluding hydrogens is 463 g/mol. The third-order valence-electron chi connectivity index (χ3n) is 5.65. The molecule has 4 rings (SSSR count). The molecule has 2 aromatic heterocycles. The molecule has 3 N–H and O–H groups in total. The smallest absolute Gasteiger partial charge is 0.407 e. The van der Waals surface area contributed by atoms with Crippen LogP contribution in [0.4, 0.5) is 26.5 Å². The van der Waals surface area contributed by atoms with E-state index >= 15 is 0 Å². The molecule has 1 amide bonds. The molecule has 0 radical (unpaired) electrons. The van der Waals surface area contributed by atoms with Gasteiger partial charge in [-0.25, -0.2) is 14.2 Å². The van der Waals surface area contributed by atoms with Gasteiger partial charge in [-0.1, -0.05) is 18.9 Å². The molecule has 0 spiro atoms. The number of hydrogen-bond donors (Lipinski definition) is 3. The van der Waals surface area contributed by atoms with Crippen LogP contribution in [0.15, 0.2) is 42.7 Å². The zero-order valence-corrected chi connectivity index (χ0v) is 20.5. The van der Waals surface area contributed by atoms with Crippen molar-refractivity contribution in [3.05, 3.63) is 54.1 Å². The van der Waals surface area contributed by atoms with Crippen LogP contribution < -0.4 is 16.0 Å². The topological polar surface area (TPSA) is 130 Å². The minimum absolute atomic E-state index is 0.00397. The number of halogens is 1. The molecule has 2 heterocycles. The zero-order valence-electron chi connectivity index (χ0n) is 20.5. The van der Waals surface area contributed by atoms with E-state index in [2.05, 4.69) is 31.1 Å². The van der Waals surface area contributed by atoms with Crippen molar-refractivity contribution in [3.63, 3.8) is 0 Å². The first-order valence-corrected chi connectivity index (χ1v) is 11.8. The quantitative estimate of drug-likeness (QED) is 0.453. The summed E-state index contributed by atoms with van der Waals surface area (Å²) in [6.45, 7) is 5.40. The number of anilines is 3. The van der Waals surface area contributed by atoms with Crippen LogP contribution in [0.2, 0.25) is 0 Å². The van der Waals surface area contributed by atoms with Crippen molar-refractivity contribution in [1.82, 2.24) is 25.3 Å². The van der Waals surface area contributed by atoms with Crippen molar-refractivity contribution >= 4 is 23.4 Å². The van der Waals surface area contributed by atoms with Crippen LogP contribution in [-0.2, 0) is 4.74 Å². The SMILES string of the molecule is CC(C)(C)OC(=O)N[C@H]1CCCC[C@H]1Nc1nc(Nc2cccc(-n3nccn3)c2)c(C#N)cc1F. The number of amides is 1. The van der Waals surface area contributed by atoms with Gasteiger partial charge in [-0.2, -0.15) is 20.3 Å². The molecule has 3 aromatic rings. The van der Waals surface area contributed by atoms with E-state index in [0.29, 0.717) is 11.4 Å². The largest absolute Gasteiger partial charge is 0.444 e. The lowest BCUT2D eigenvalue weighted by Crippen LogP contribution is -2.50. The highest BCUT2D eigenvalue weighted by molar-refractivity contribution is 5.69. The molecule has 11 heteroatoms. The van der Waals surface area contributed by atoms with Gasteiger partial charge in [-0.3, -0.25) is 0 Å². The van der Waals surface area contributed by atoms with Gasteiger partial charge >= 0.3 is 6.09 Å². The van der Waals surface area contributed by atoms with Crippen LogP contribution in [0.25, 0.3) is 5.69 Å². The standard InChI is InChI=1S/C25H29FN8O2/c1-25(2,3)36-24(35)32-21-10-5-4-9-20(21)31-23-19(26)13-16(15-27)22(33-23)30-17-7-6-8-18(14-17)34-28-11-12-29-34/h6-8,11-14,20-21H,4-5,9-10H2,1-3H3,(H,32,35)(H2,30,31,33)/t20-,21+/m1/s1. The number of hydrogen-bond acceptors (Lipinski definition) is 8. The minimum Gasteiger partial charge on any atom is -0.444 e. The molecule has 1 aliphatic carbocycles. The van der Waals surface area contributed by atoms with Crippen LogP contribution in [0, 0.1) is 17.1 Å². The van der Waals surface area contributed by atoms with E-state index in [1.807, 2.05) is 18.2 Å². The van der Waals surface area contributed by atoms with Gasteiger partial charge in [0, 0.05) is 11.7 Å². The van der Waals surface area contributed by atoms with Crippen molar-refractivity contribution < 1.29 is 13.9 Å². The molecule has 0 bridgehead atoms. The molecule has 10 nitrogen and oxygen atoms in total. The van der Waals surface area contributed by atoms with Crippen LogP contribution in [0.1, 0.15) is 52.0 Å². The molecule has 1 fully saturated rings. The molecule has 1 saturated carbocycles. The van der Waals surface area contributed by atoms with E-state index in [4.69, 9.17) is 4.74 Å². The van der Waals surface area contributed by atoms with Gasteiger partial charge in [0.05, 0.1) is 29.7 Å². The van der Waals surface area contributed by atoms with Crippen molar-refractivity contribution in [2.75, 3.05) is 10.6 Å². The zero-order chi connectivity index (χ0) is 25.7. The second-order valence-electron chi connectivity index (χ2n) is 9.61. The number of carbonyl (C=O) groups excluding carboxylic acids is 1. The van der Waals surface area contributed by atoms with Gasteiger partial charge in [-0.15, -0.1) is 0 Å². The molecular formula is C25H29FN8O2. The highest BCUT2D eigenvalue weighted by Crippen LogP contribution is 2.28. The van der Waals surface area contributed by atoms with Crippen LogP contribution in [-0.4, -0.2) is 43.8 Å².